The normalized spacial score (nSPS) is 21.2. The Labute approximate surface area is 363 Å². The molecule has 63 heavy (non-hydrogen) atoms. The van der Waals surface area contributed by atoms with Crippen LogP contribution in [0.5, 0.6) is 0 Å². The molecule has 0 bridgehead atoms. The molecule has 0 radical (unpaired) electrons. The number of aromatic nitrogens is 7. The second-order valence-electron chi connectivity index (χ2n) is 18.0. The van der Waals surface area contributed by atoms with Gasteiger partial charge in [-0.3, -0.25) is 29.4 Å². The number of urea groups is 1. The summed E-state index contributed by atoms with van der Waals surface area (Å²) in [5.41, 5.74) is 5.41. The highest BCUT2D eigenvalue weighted by atomic mass is 16.3. The van der Waals surface area contributed by atoms with Gasteiger partial charge in [0.25, 0.3) is 5.56 Å². The number of rotatable bonds is 10. The van der Waals surface area contributed by atoms with Crippen LogP contribution in [0.2, 0.25) is 0 Å². The van der Waals surface area contributed by atoms with Crippen LogP contribution in [0, 0.1) is 5.41 Å². The Kier molecular flexibility index (Phi) is 9.20. The lowest BCUT2D eigenvalue weighted by molar-refractivity contribution is -0.120. The van der Waals surface area contributed by atoms with Crippen LogP contribution in [-0.2, 0) is 30.4 Å². The van der Waals surface area contributed by atoms with Crippen molar-refractivity contribution in [3.05, 3.63) is 95.1 Å². The zero-order valence-electron chi connectivity index (χ0n) is 35.6. The third-order valence-electron chi connectivity index (χ3n) is 14.2. The summed E-state index contributed by atoms with van der Waals surface area (Å²) in [6.07, 6.45) is 7.88. The molecular formula is C46H51N13O4. The molecule has 5 aliphatic rings. The summed E-state index contributed by atoms with van der Waals surface area (Å²) in [7, 11) is 1.90. The maximum atomic E-state index is 13.6. The first-order valence-electron chi connectivity index (χ1n) is 22.0. The number of anilines is 5. The highest BCUT2D eigenvalue weighted by Crippen LogP contribution is 2.52. The van der Waals surface area contributed by atoms with Gasteiger partial charge in [-0.25, -0.2) is 24.1 Å². The van der Waals surface area contributed by atoms with E-state index < -0.39 is 11.6 Å². The summed E-state index contributed by atoms with van der Waals surface area (Å²) in [6.45, 7) is 12.5. The summed E-state index contributed by atoms with van der Waals surface area (Å²) in [5, 5.41) is 23.0. The van der Waals surface area contributed by atoms with E-state index in [4.69, 9.17) is 9.97 Å². The SMILES string of the molecule is C=CCn1c(=O)c2cnc(Nc3ccc(N4CCN(C5CC6(C5)CN(c5ccc7c(N8CCC(=O)NC8=O)nn(C)c7c5)C6)CC4)cc3)nc2n1-c1ccc2c(n1)[C@@](O)(CC)CC2. The molecule has 7 heterocycles. The first kappa shape index (κ1) is 39.3. The van der Waals surface area contributed by atoms with Crippen LogP contribution < -0.4 is 30.9 Å². The molecular weight excluding hydrogens is 799 g/mol. The average molecular weight is 850 g/mol. The fourth-order valence-corrected chi connectivity index (χ4v) is 10.6. The molecule has 3 N–H and O–H groups in total. The monoisotopic (exact) mass is 849 g/mol. The Bertz CT molecular complexity index is 2880. The largest absolute Gasteiger partial charge is 0.384 e. The number of hydrogen-bond acceptors (Lipinski definition) is 12. The van der Waals surface area contributed by atoms with Crippen LogP contribution in [0.25, 0.3) is 27.8 Å². The minimum atomic E-state index is -0.991. The van der Waals surface area contributed by atoms with E-state index in [0.717, 1.165) is 67.8 Å². The zero-order valence-corrected chi connectivity index (χ0v) is 35.6. The molecule has 1 spiro atoms. The van der Waals surface area contributed by atoms with Crippen LogP contribution in [-0.4, -0.2) is 108 Å². The number of nitrogens with zero attached hydrogens (tertiary/aromatic N) is 11. The number of benzene rings is 2. The lowest BCUT2D eigenvalue weighted by Gasteiger charge is -2.62. The van der Waals surface area contributed by atoms with Crippen molar-refractivity contribution in [1.82, 2.24) is 44.3 Å². The van der Waals surface area contributed by atoms with Gasteiger partial charge in [-0.15, -0.1) is 6.58 Å². The molecule has 3 amide bonds. The number of pyridine rings is 1. The van der Waals surface area contributed by atoms with Gasteiger partial charge >= 0.3 is 6.03 Å². The molecule has 17 heteroatoms. The second-order valence-corrected chi connectivity index (χ2v) is 18.0. The van der Waals surface area contributed by atoms with Crippen molar-refractivity contribution in [1.29, 1.82) is 0 Å². The average Bonchev–Trinajstić information content (AvgIpc) is 3.87. The van der Waals surface area contributed by atoms with Crippen LogP contribution in [0.15, 0.2) is 78.2 Å². The third kappa shape index (κ3) is 6.54. The van der Waals surface area contributed by atoms with E-state index in [2.05, 4.69) is 72.3 Å². The standard InChI is InChI=1S/C46H51N13O4/c1-4-17-58-42(61)35-26-47-43(51-40(35)59(58)37-13-6-29-14-16-46(63,5-2)39(29)49-37)48-30-7-9-31(10-8-30)54-19-21-55(22-20-54)33-24-45(25-33)27-56(28-45)32-11-12-34-36(23-32)53(3)52-41(34)57-18-15-38(60)50-44(57)62/h4,6-13,23,26,33,63H,1,5,14-22,24-25,27-28H2,2-3H3,(H,47,48,51)(H,50,60,62)/t46-/m1/s1. The number of aliphatic hydroxyl groups is 1. The maximum absolute atomic E-state index is 13.6. The van der Waals surface area contributed by atoms with E-state index >= 15 is 0 Å². The van der Waals surface area contributed by atoms with Gasteiger partial charge in [-0.1, -0.05) is 19.1 Å². The fraction of sp³-hybridized carbons (Fsp3) is 0.413. The number of carbonyl (C=O) groups excluding carboxylic acids is 2. The number of piperazine rings is 1. The van der Waals surface area contributed by atoms with E-state index in [1.807, 2.05) is 42.9 Å². The minimum absolute atomic E-state index is 0.236. The Hall–Kier alpha value is -6.59. The summed E-state index contributed by atoms with van der Waals surface area (Å²) in [6, 6.07) is 18.8. The Morgan fingerprint density at radius 2 is 1.70 bits per heavy atom. The topological polar surface area (TPSA) is 175 Å². The number of allylic oxidation sites excluding steroid dienone is 1. The molecule has 2 aliphatic carbocycles. The number of hydrogen-bond donors (Lipinski definition) is 3. The van der Waals surface area contributed by atoms with Gasteiger partial charge in [0.2, 0.25) is 11.9 Å². The Morgan fingerprint density at radius 3 is 2.44 bits per heavy atom. The van der Waals surface area contributed by atoms with Gasteiger partial charge in [0.05, 0.1) is 17.8 Å². The summed E-state index contributed by atoms with van der Waals surface area (Å²) >= 11 is 0. The van der Waals surface area contributed by atoms with E-state index in [1.165, 1.54) is 24.2 Å². The van der Waals surface area contributed by atoms with Gasteiger partial charge in [0, 0.05) is 99.4 Å². The highest BCUT2D eigenvalue weighted by Gasteiger charge is 2.54. The summed E-state index contributed by atoms with van der Waals surface area (Å²) in [5.74, 6) is 1.21. The van der Waals surface area contributed by atoms with Crippen molar-refractivity contribution >= 4 is 62.7 Å². The molecule has 1 saturated carbocycles. The molecule has 2 aromatic carbocycles. The van der Waals surface area contributed by atoms with Crippen molar-refractivity contribution in [2.24, 2.45) is 12.5 Å². The molecule has 4 aromatic heterocycles. The number of carbonyl (C=O) groups is 2. The Morgan fingerprint density at radius 1 is 0.921 bits per heavy atom. The molecule has 324 valence electrons. The predicted molar refractivity (Wildman–Crippen MR) is 241 cm³/mol. The molecule has 0 unspecified atom stereocenters. The summed E-state index contributed by atoms with van der Waals surface area (Å²) in [4.78, 5) is 61.1. The van der Waals surface area contributed by atoms with Crippen molar-refractivity contribution < 1.29 is 14.7 Å². The molecule has 6 aromatic rings. The second kappa shape index (κ2) is 14.8. The van der Waals surface area contributed by atoms with Crippen molar-refractivity contribution in [2.75, 3.05) is 65.8 Å². The summed E-state index contributed by atoms with van der Waals surface area (Å²) < 4.78 is 5.08. The van der Waals surface area contributed by atoms with Gasteiger partial charge < -0.3 is 20.2 Å². The zero-order chi connectivity index (χ0) is 43.2. The lowest BCUT2D eigenvalue weighted by Crippen LogP contribution is -2.68. The first-order chi connectivity index (χ1) is 30.5. The molecule has 11 rings (SSSR count). The van der Waals surface area contributed by atoms with Crippen molar-refractivity contribution in [3.8, 4) is 5.82 Å². The molecule has 4 fully saturated rings. The van der Waals surface area contributed by atoms with Gasteiger partial charge in [0.1, 0.15) is 11.0 Å². The third-order valence-corrected chi connectivity index (χ3v) is 14.2. The lowest BCUT2D eigenvalue weighted by atomic mass is 9.60. The van der Waals surface area contributed by atoms with Gasteiger partial charge in [-0.05, 0) is 86.2 Å². The molecule has 1 atom stereocenters. The van der Waals surface area contributed by atoms with Crippen molar-refractivity contribution in [3.63, 3.8) is 0 Å². The smallest absolute Gasteiger partial charge is 0.329 e. The van der Waals surface area contributed by atoms with E-state index in [9.17, 15) is 19.5 Å². The van der Waals surface area contributed by atoms with Gasteiger partial charge in [-0.2, -0.15) is 10.1 Å². The number of imide groups is 1. The Balaban J connectivity index is 0.703. The quantitative estimate of drug-likeness (QED) is 0.164. The number of aryl methyl sites for hydroxylation is 2. The molecule has 17 nitrogen and oxygen atoms in total. The van der Waals surface area contributed by atoms with Gasteiger partial charge in [0.15, 0.2) is 17.3 Å². The van der Waals surface area contributed by atoms with E-state index in [-0.39, 0.29) is 24.4 Å². The minimum Gasteiger partial charge on any atom is -0.384 e. The van der Waals surface area contributed by atoms with Crippen molar-refractivity contribution in [2.45, 2.75) is 63.6 Å². The highest BCUT2D eigenvalue weighted by molar-refractivity contribution is 6.09. The number of amides is 3. The van der Waals surface area contributed by atoms with E-state index in [1.54, 1.807) is 26.5 Å². The predicted octanol–water partition coefficient (Wildman–Crippen LogP) is 4.57. The fourth-order valence-electron chi connectivity index (χ4n) is 10.6. The van der Waals surface area contributed by atoms with Crippen LogP contribution in [0.1, 0.15) is 50.3 Å². The maximum Gasteiger partial charge on any atom is 0.329 e. The van der Waals surface area contributed by atoms with E-state index in [0.29, 0.717) is 65.2 Å². The molecule has 3 aliphatic heterocycles. The molecule has 3 saturated heterocycles. The van der Waals surface area contributed by atoms with Crippen LogP contribution in [0.4, 0.5) is 33.6 Å². The van der Waals surface area contributed by atoms with Crippen LogP contribution in [0.3, 0.4) is 0 Å². The number of fused-ring (bicyclic) bond motifs is 3. The van der Waals surface area contributed by atoms with Crippen LogP contribution >= 0.6 is 0 Å². The first-order valence-corrected chi connectivity index (χ1v) is 22.0. The number of nitrogens with one attached hydrogen (secondary N) is 2.